The molecule has 0 spiro atoms. The van der Waals surface area contributed by atoms with Crippen molar-refractivity contribution < 1.29 is 23.5 Å². The molecule has 7 nitrogen and oxygen atoms in total. The van der Waals surface area contributed by atoms with E-state index in [2.05, 4.69) is 10.3 Å². The van der Waals surface area contributed by atoms with Crippen LogP contribution in [-0.4, -0.2) is 46.0 Å². The molecule has 1 fully saturated rings. The predicted molar refractivity (Wildman–Crippen MR) is 92.6 cm³/mol. The molecule has 1 saturated heterocycles. The number of likely N-dealkylation sites (tertiary alicyclic amines) is 1. The lowest BCUT2D eigenvalue weighted by atomic mass is 10.1. The van der Waals surface area contributed by atoms with Gasteiger partial charge >= 0.3 is 6.09 Å². The van der Waals surface area contributed by atoms with E-state index in [1.807, 2.05) is 0 Å². The molecule has 0 unspecified atom stereocenters. The van der Waals surface area contributed by atoms with Crippen molar-refractivity contribution in [3.63, 3.8) is 0 Å². The Morgan fingerprint density at radius 1 is 1.27 bits per heavy atom. The summed E-state index contributed by atoms with van der Waals surface area (Å²) in [6, 6.07) is 3.16. The van der Waals surface area contributed by atoms with Gasteiger partial charge in [0.1, 0.15) is 22.3 Å². The fraction of sp³-hybridized carbons (Fsp3) is 0.312. The number of benzene rings is 1. The van der Waals surface area contributed by atoms with Gasteiger partial charge in [0.2, 0.25) is 5.78 Å². The van der Waals surface area contributed by atoms with Crippen molar-refractivity contribution in [1.82, 2.24) is 9.88 Å². The number of piperidine rings is 1. The second kappa shape index (κ2) is 7.24. The van der Waals surface area contributed by atoms with Crippen molar-refractivity contribution >= 4 is 34.2 Å². The van der Waals surface area contributed by atoms with Crippen molar-refractivity contribution in [3.8, 4) is 0 Å². The first kappa shape index (κ1) is 18.1. The minimum absolute atomic E-state index is 0.0238. The molecule has 2 aromatic rings. The molecule has 0 bridgehead atoms. The van der Waals surface area contributed by atoms with Crippen molar-refractivity contribution in [3.05, 3.63) is 40.3 Å². The highest BCUT2D eigenvalue weighted by molar-refractivity contribution is 7.18. The smallest absolute Gasteiger partial charge is 0.407 e. The number of aromatic nitrogens is 1. The normalized spacial score (nSPS) is 15.1. The highest BCUT2D eigenvalue weighted by Crippen LogP contribution is 2.30. The van der Waals surface area contributed by atoms with Crippen LogP contribution in [-0.2, 0) is 0 Å². The van der Waals surface area contributed by atoms with E-state index in [1.54, 1.807) is 0 Å². The molecule has 1 aliphatic rings. The van der Waals surface area contributed by atoms with Gasteiger partial charge in [-0.25, -0.2) is 18.6 Å². The third-order valence-corrected chi connectivity index (χ3v) is 5.14. The third kappa shape index (κ3) is 3.59. The number of amides is 1. The van der Waals surface area contributed by atoms with Crippen LogP contribution in [0.2, 0.25) is 0 Å². The Kier molecular flexibility index (Phi) is 5.03. The Labute approximate surface area is 151 Å². The second-order valence-corrected chi connectivity index (χ2v) is 6.85. The summed E-state index contributed by atoms with van der Waals surface area (Å²) in [5.74, 6) is -2.88. The third-order valence-electron chi connectivity index (χ3n) is 4.14. The first-order chi connectivity index (χ1) is 12.4. The molecule has 138 valence electrons. The summed E-state index contributed by atoms with van der Waals surface area (Å²) in [4.78, 5) is 28.7. The van der Waals surface area contributed by atoms with Crippen molar-refractivity contribution in [2.75, 3.05) is 24.1 Å². The van der Waals surface area contributed by atoms with Crippen LogP contribution < -0.4 is 11.1 Å². The lowest BCUT2D eigenvalue weighted by Gasteiger charge is -2.30. The number of carbonyl (C=O) groups is 2. The van der Waals surface area contributed by atoms with Crippen molar-refractivity contribution in [1.29, 1.82) is 0 Å². The summed E-state index contributed by atoms with van der Waals surface area (Å²) in [6.45, 7) is 0.778. The molecule has 26 heavy (non-hydrogen) atoms. The molecule has 1 aliphatic heterocycles. The Morgan fingerprint density at radius 3 is 2.46 bits per heavy atom. The zero-order valence-electron chi connectivity index (χ0n) is 13.5. The van der Waals surface area contributed by atoms with Crippen LogP contribution in [0.3, 0.4) is 0 Å². The van der Waals surface area contributed by atoms with Gasteiger partial charge in [0.05, 0.1) is 5.56 Å². The molecule has 3 rings (SSSR count). The van der Waals surface area contributed by atoms with Gasteiger partial charge in [-0.15, -0.1) is 0 Å². The molecule has 0 atom stereocenters. The number of carboxylic acid groups (broad SMARTS) is 1. The molecule has 1 aromatic heterocycles. The summed E-state index contributed by atoms with van der Waals surface area (Å²) in [5, 5.41) is 12.4. The maximum Gasteiger partial charge on any atom is 0.407 e. The van der Waals surface area contributed by atoms with Crippen molar-refractivity contribution in [2.24, 2.45) is 0 Å². The van der Waals surface area contributed by atoms with Crippen LogP contribution in [0.5, 0.6) is 0 Å². The SMILES string of the molecule is Nc1nc(NC2CCN(C(=O)O)CC2)sc1C(=O)c1c(F)cccc1F. The molecular formula is C16H16F2N4O3S. The topological polar surface area (TPSA) is 109 Å². The summed E-state index contributed by atoms with van der Waals surface area (Å²) < 4.78 is 27.6. The van der Waals surface area contributed by atoms with Crippen LogP contribution in [0.4, 0.5) is 24.5 Å². The van der Waals surface area contributed by atoms with Crippen LogP contribution in [0.15, 0.2) is 18.2 Å². The molecule has 0 radical (unpaired) electrons. The van der Waals surface area contributed by atoms with Gasteiger partial charge in [-0.05, 0) is 25.0 Å². The molecule has 4 N–H and O–H groups in total. The lowest BCUT2D eigenvalue weighted by molar-refractivity contribution is 0.103. The number of thiazole rings is 1. The predicted octanol–water partition coefficient (Wildman–Crippen LogP) is 2.79. The number of nitrogen functional groups attached to an aromatic ring is 1. The summed E-state index contributed by atoms with van der Waals surface area (Å²) in [5.41, 5.74) is 5.09. The van der Waals surface area contributed by atoms with Gasteiger partial charge in [0.15, 0.2) is 5.13 Å². The maximum absolute atomic E-state index is 13.8. The maximum atomic E-state index is 13.8. The number of hydrogen-bond donors (Lipinski definition) is 3. The summed E-state index contributed by atoms with van der Waals surface area (Å²) >= 11 is 0.921. The van der Waals surface area contributed by atoms with E-state index in [0.717, 1.165) is 23.5 Å². The number of hydrogen-bond acceptors (Lipinski definition) is 6. The number of nitrogens with zero attached hydrogens (tertiary/aromatic N) is 2. The Hall–Kier alpha value is -2.75. The van der Waals surface area contributed by atoms with Crippen LogP contribution in [0.25, 0.3) is 0 Å². The Balaban J connectivity index is 1.74. The number of rotatable bonds is 4. The average molecular weight is 382 g/mol. The van der Waals surface area contributed by atoms with Gasteiger partial charge < -0.3 is 21.1 Å². The van der Waals surface area contributed by atoms with E-state index in [0.29, 0.717) is 31.1 Å². The number of halogens is 2. The fourth-order valence-electron chi connectivity index (χ4n) is 2.77. The molecule has 1 aromatic carbocycles. The van der Waals surface area contributed by atoms with Crippen LogP contribution in [0, 0.1) is 11.6 Å². The first-order valence-corrected chi connectivity index (χ1v) is 8.68. The van der Waals surface area contributed by atoms with Crippen LogP contribution in [0.1, 0.15) is 28.1 Å². The van der Waals surface area contributed by atoms with E-state index in [1.165, 1.54) is 11.0 Å². The lowest BCUT2D eigenvalue weighted by Crippen LogP contribution is -2.41. The highest BCUT2D eigenvalue weighted by Gasteiger charge is 2.26. The summed E-state index contributed by atoms with van der Waals surface area (Å²) in [7, 11) is 0. The highest BCUT2D eigenvalue weighted by atomic mass is 32.1. The molecular weight excluding hydrogens is 366 g/mol. The largest absolute Gasteiger partial charge is 0.465 e. The minimum atomic E-state index is -0.960. The van der Waals surface area contributed by atoms with Gasteiger partial charge in [0, 0.05) is 19.1 Å². The molecule has 0 aliphatic carbocycles. The van der Waals surface area contributed by atoms with Gasteiger partial charge in [0.25, 0.3) is 0 Å². The van der Waals surface area contributed by atoms with Gasteiger partial charge in [-0.3, -0.25) is 4.79 Å². The number of nitrogens with two attached hydrogens (primary N) is 1. The summed E-state index contributed by atoms with van der Waals surface area (Å²) in [6.07, 6.45) is 0.204. The number of ketones is 1. The zero-order valence-corrected chi connectivity index (χ0v) is 14.4. The zero-order chi connectivity index (χ0) is 18.8. The Morgan fingerprint density at radius 2 is 1.88 bits per heavy atom. The quantitative estimate of drug-likeness (QED) is 0.702. The van der Waals surface area contributed by atoms with E-state index < -0.39 is 29.1 Å². The molecule has 1 amide bonds. The van der Waals surface area contributed by atoms with Gasteiger partial charge in [-0.1, -0.05) is 17.4 Å². The standard InChI is InChI=1S/C16H16F2N4O3S/c17-9-2-1-3-10(18)11(9)12(23)13-14(19)21-15(26-13)20-8-4-6-22(7-5-8)16(24)25/h1-3,8H,4-7,19H2,(H,20,21)(H,24,25). The molecule has 10 heteroatoms. The average Bonchev–Trinajstić information content (AvgIpc) is 2.95. The van der Waals surface area contributed by atoms with Gasteiger partial charge in [-0.2, -0.15) is 0 Å². The van der Waals surface area contributed by atoms with Crippen molar-refractivity contribution in [2.45, 2.75) is 18.9 Å². The second-order valence-electron chi connectivity index (χ2n) is 5.85. The Bertz CT molecular complexity index is 830. The number of anilines is 2. The molecule has 0 saturated carbocycles. The number of nitrogens with one attached hydrogen (secondary N) is 1. The number of carbonyl (C=O) groups excluding carboxylic acids is 1. The van der Waals surface area contributed by atoms with E-state index in [-0.39, 0.29) is 16.7 Å². The molecule has 2 heterocycles. The first-order valence-electron chi connectivity index (χ1n) is 7.86. The minimum Gasteiger partial charge on any atom is -0.465 e. The monoisotopic (exact) mass is 382 g/mol. The van der Waals surface area contributed by atoms with E-state index in [4.69, 9.17) is 10.8 Å². The van der Waals surface area contributed by atoms with E-state index >= 15 is 0 Å². The van der Waals surface area contributed by atoms with E-state index in [9.17, 15) is 18.4 Å². The van der Waals surface area contributed by atoms with Crippen LogP contribution >= 0.6 is 11.3 Å². The fourth-order valence-corrected chi connectivity index (χ4v) is 3.68.